The van der Waals surface area contributed by atoms with Crippen LogP contribution in [0, 0.1) is 13.8 Å². The third kappa shape index (κ3) is 2.89. The Morgan fingerprint density at radius 3 is 2.58 bits per heavy atom. The Morgan fingerprint density at radius 1 is 1.32 bits per heavy atom. The molecule has 0 radical (unpaired) electrons. The van der Waals surface area contributed by atoms with Crippen molar-refractivity contribution in [3.05, 3.63) is 34.8 Å². The lowest BCUT2D eigenvalue weighted by Crippen LogP contribution is -1.97. The molecule has 5 heteroatoms. The Bertz CT molecular complexity index is 570. The molecular formula is C14H18ClN3O. The lowest BCUT2D eigenvalue weighted by atomic mass is 10.2. The summed E-state index contributed by atoms with van der Waals surface area (Å²) in [7, 11) is 1.90. The van der Waals surface area contributed by atoms with Gasteiger partial charge in [0.25, 0.3) is 0 Å². The summed E-state index contributed by atoms with van der Waals surface area (Å²) < 4.78 is 7.70. The van der Waals surface area contributed by atoms with E-state index in [4.69, 9.17) is 16.3 Å². The Balaban J connectivity index is 2.37. The van der Waals surface area contributed by atoms with E-state index in [9.17, 15) is 0 Å². The fourth-order valence-electron chi connectivity index (χ4n) is 1.94. The zero-order valence-electron chi connectivity index (χ0n) is 11.7. The van der Waals surface area contributed by atoms with Crippen molar-refractivity contribution in [1.82, 2.24) is 14.8 Å². The molecule has 2 heterocycles. The van der Waals surface area contributed by atoms with Crippen LogP contribution < -0.4 is 4.74 Å². The van der Waals surface area contributed by atoms with Crippen LogP contribution in [-0.4, -0.2) is 14.8 Å². The number of ether oxygens (including phenoxy) is 1. The number of aromatic nitrogens is 3. The van der Waals surface area contributed by atoms with Gasteiger partial charge in [0.2, 0.25) is 5.88 Å². The first kappa shape index (κ1) is 13.9. The number of hydrogen-bond acceptors (Lipinski definition) is 3. The van der Waals surface area contributed by atoms with E-state index in [2.05, 4.69) is 17.0 Å². The van der Waals surface area contributed by atoms with Crippen LogP contribution in [0.4, 0.5) is 0 Å². The molecule has 2 rings (SSSR count). The van der Waals surface area contributed by atoms with Gasteiger partial charge in [0.15, 0.2) is 5.75 Å². The molecule has 0 atom stereocenters. The molecule has 4 nitrogen and oxygen atoms in total. The van der Waals surface area contributed by atoms with Crippen molar-refractivity contribution in [1.29, 1.82) is 0 Å². The van der Waals surface area contributed by atoms with E-state index in [0.717, 1.165) is 34.8 Å². The Hall–Kier alpha value is -1.55. The van der Waals surface area contributed by atoms with Crippen LogP contribution in [0.25, 0.3) is 0 Å². The molecule has 0 aliphatic heterocycles. The normalized spacial score (nSPS) is 10.8. The highest BCUT2D eigenvalue weighted by Gasteiger charge is 2.13. The number of halogens is 1. The van der Waals surface area contributed by atoms with Gasteiger partial charge in [0.1, 0.15) is 5.69 Å². The van der Waals surface area contributed by atoms with Crippen molar-refractivity contribution in [3.63, 3.8) is 0 Å². The van der Waals surface area contributed by atoms with Gasteiger partial charge in [-0.3, -0.25) is 4.68 Å². The SMILES string of the molecule is CCc1cc(CCl)cc(Oc2c(C)nn(C)c2C)n1. The summed E-state index contributed by atoms with van der Waals surface area (Å²) in [6.45, 7) is 5.96. The van der Waals surface area contributed by atoms with Gasteiger partial charge in [-0.15, -0.1) is 11.6 Å². The summed E-state index contributed by atoms with van der Waals surface area (Å²) in [5.74, 6) is 1.80. The molecular weight excluding hydrogens is 262 g/mol. The Kier molecular flexibility index (Phi) is 4.10. The molecule has 0 unspecified atom stereocenters. The zero-order valence-corrected chi connectivity index (χ0v) is 12.5. The number of pyridine rings is 1. The van der Waals surface area contributed by atoms with Crippen LogP contribution in [0.2, 0.25) is 0 Å². The van der Waals surface area contributed by atoms with E-state index < -0.39 is 0 Å². The highest BCUT2D eigenvalue weighted by atomic mass is 35.5. The number of rotatable bonds is 4. The van der Waals surface area contributed by atoms with E-state index >= 15 is 0 Å². The molecule has 0 fully saturated rings. The molecule has 2 aromatic rings. The maximum atomic E-state index is 5.90. The molecule has 0 aromatic carbocycles. The summed E-state index contributed by atoms with van der Waals surface area (Å²) in [5.41, 5.74) is 3.83. The first-order chi connectivity index (χ1) is 9.05. The second kappa shape index (κ2) is 5.61. The maximum absolute atomic E-state index is 5.90. The second-order valence-corrected chi connectivity index (χ2v) is 4.79. The lowest BCUT2D eigenvalue weighted by molar-refractivity contribution is 0.452. The number of aryl methyl sites for hydroxylation is 3. The summed E-state index contributed by atoms with van der Waals surface area (Å²) in [4.78, 5) is 4.47. The molecule has 0 spiro atoms. The summed E-state index contributed by atoms with van der Waals surface area (Å²) in [6, 6.07) is 3.88. The van der Waals surface area contributed by atoms with Gasteiger partial charge in [0, 0.05) is 24.7 Å². The zero-order chi connectivity index (χ0) is 14.0. The van der Waals surface area contributed by atoms with E-state index in [1.165, 1.54) is 0 Å². The van der Waals surface area contributed by atoms with Gasteiger partial charge < -0.3 is 4.74 Å². The molecule has 0 aliphatic carbocycles. The molecule has 0 aliphatic rings. The van der Waals surface area contributed by atoms with Crippen LogP contribution in [-0.2, 0) is 19.3 Å². The van der Waals surface area contributed by atoms with E-state index in [-0.39, 0.29) is 0 Å². The van der Waals surface area contributed by atoms with Gasteiger partial charge in [-0.25, -0.2) is 4.98 Å². The van der Waals surface area contributed by atoms with Crippen molar-refractivity contribution in [2.45, 2.75) is 33.1 Å². The fourth-order valence-corrected chi connectivity index (χ4v) is 2.09. The van der Waals surface area contributed by atoms with Crippen LogP contribution in [0.5, 0.6) is 11.6 Å². The molecule has 0 saturated heterocycles. The first-order valence-corrected chi connectivity index (χ1v) is 6.82. The van der Waals surface area contributed by atoms with E-state index in [0.29, 0.717) is 11.8 Å². The number of alkyl halides is 1. The molecule has 0 amide bonds. The van der Waals surface area contributed by atoms with Crippen LogP contribution in [0.3, 0.4) is 0 Å². The smallest absolute Gasteiger partial charge is 0.219 e. The van der Waals surface area contributed by atoms with Gasteiger partial charge in [-0.05, 0) is 31.9 Å². The van der Waals surface area contributed by atoms with Gasteiger partial charge in [-0.1, -0.05) is 6.92 Å². The average molecular weight is 280 g/mol. The van der Waals surface area contributed by atoms with Crippen LogP contribution >= 0.6 is 11.6 Å². The molecule has 102 valence electrons. The van der Waals surface area contributed by atoms with Gasteiger partial charge in [0.05, 0.1) is 5.69 Å². The fraction of sp³-hybridized carbons (Fsp3) is 0.429. The average Bonchev–Trinajstić information content (AvgIpc) is 2.65. The molecule has 19 heavy (non-hydrogen) atoms. The maximum Gasteiger partial charge on any atom is 0.219 e. The molecule has 0 N–H and O–H groups in total. The summed E-state index contributed by atoms with van der Waals surface area (Å²) >= 11 is 5.90. The van der Waals surface area contributed by atoms with Crippen molar-refractivity contribution in [2.24, 2.45) is 7.05 Å². The van der Waals surface area contributed by atoms with E-state index in [1.807, 2.05) is 33.0 Å². The monoisotopic (exact) mass is 279 g/mol. The van der Waals surface area contributed by atoms with Gasteiger partial charge in [-0.2, -0.15) is 5.10 Å². The van der Waals surface area contributed by atoms with Crippen molar-refractivity contribution < 1.29 is 4.74 Å². The highest BCUT2D eigenvalue weighted by molar-refractivity contribution is 6.17. The quantitative estimate of drug-likeness (QED) is 0.804. The predicted octanol–water partition coefficient (Wildman–Crippen LogP) is 3.53. The minimum atomic E-state index is 0.455. The largest absolute Gasteiger partial charge is 0.435 e. The standard InChI is InChI=1S/C14H18ClN3O/c1-5-12-6-11(8-15)7-13(16-12)19-14-9(2)17-18(4)10(14)3/h6-7H,5,8H2,1-4H3. The Labute approximate surface area is 118 Å². The molecule has 2 aromatic heterocycles. The van der Waals surface area contributed by atoms with Crippen LogP contribution in [0.15, 0.2) is 12.1 Å². The minimum Gasteiger partial charge on any atom is -0.435 e. The third-order valence-electron chi connectivity index (χ3n) is 3.08. The second-order valence-electron chi connectivity index (χ2n) is 4.52. The summed E-state index contributed by atoms with van der Waals surface area (Å²) in [6.07, 6.45) is 0.853. The topological polar surface area (TPSA) is 39.9 Å². The van der Waals surface area contributed by atoms with Crippen LogP contribution in [0.1, 0.15) is 29.6 Å². The molecule has 0 bridgehead atoms. The van der Waals surface area contributed by atoms with Crippen molar-refractivity contribution in [3.8, 4) is 11.6 Å². The predicted molar refractivity (Wildman–Crippen MR) is 75.9 cm³/mol. The van der Waals surface area contributed by atoms with E-state index in [1.54, 1.807) is 4.68 Å². The van der Waals surface area contributed by atoms with Crippen molar-refractivity contribution >= 4 is 11.6 Å². The third-order valence-corrected chi connectivity index (χ3v) is 3.39. The first-order valence-electron chi connectivity index (χ1n) is 6.29. The number of hydrogen-bond donors (Lipinski definition) is 0. The van der Waals surface area contributed by atoms with Gasteiger partial charge >= 0.3 is 0 Å². The summed E-state index contributed by atoms with van der Waals surface area (Å²) in [5, 5.41) is 4.33. The van der Waals surface area contributed by atoms with Crippen molar-refractivity contribution in [2.75, 3.05) is 0 Å². The number of nitrogens with zero attached hydrogens (tertiary/aromatic N) is 3. The lowest BCUT2D eigenvalue weighted by Gasteiger charge is -2.08. The minimum absolute atomic E-state index is 0.455. The highest BCUT2D eigenvalue weighted by Crippen LogP contribution is 2.27. The Morgan fingerprint density at radius 2 is 2.05 bits per heavy atom. The molecule has 0 saturated carbocycles.